The molecule has 0 aromatic carbocycles. The van der Waals surface area contributed by atoms with Crippen LogP contribution in [0.4, 0.5) is 0 Å². The monoisotopic (exact) mass is 243 g/mol. The predicted octanol–water partition coefficient (Wildman–Crippen LogP) is 4.30. The van der Waals surface area contributed by atoms with Crippen molar-refractivity contribution in [3.63, 3.8) is 0 Å². The molecular formula is C11H18BrN. The zero-order valence-electron chi connectivity index (χ0n) is 9.06. The summed E-state index contributed by atoms with van der Waals surface area (Å²) in [4.78, 5) is 4.33. The second kappa shape index (κ2) is 6.14. The molecule has 1 aromatic rings. The first-order valence-electron chi connectivity index (χ1n) is 4.73. The van der Waals surface area contributed by atoms with E-state index in [2.05, 4.69) is 40.8 Å². The van der Waals surface area contributed by atoms with Crippen LogP contribution >= 0.6 is 15.9 Å². The number of aromatic nitrogens is 1. The van der Waals surface area contributed by atoms with Crippen LogP contribution in [0.3, 0.4) is 0 Å². The van der Waals surface area contributed by atoms with Gasteiger partial charge >= 0.3 is 0 Å². The highest BCUT2D eigenvalue weighted by atomic mass is 79.9. The van der Waals surface area contributed by atoms with Crippen LogP contribution in [0.5, 0.6) is 0 Å². The molecule has 0 spiro atoms. The second-order valence-corrected chi connectivity index (χ2v) is 3.89. The molecule has 1 rings (SSSR count). The smallest absolute Gasteiger partial charge is 0.0570 e. The molecule has 0 fully saturated rings. The first kappa shape index (κ1) is 12.6. The number of aryl methyl sites for hydroxylation is 1. The van der Waals surface area contributed by atoms with Crippen LogP contribution in [0.1, 0.15) is 44.9 Å². The molecule has 0 N–H and O–H groups in total. The third kappa shape index (κ3) is 3.90. The lowest BCUT2D eigenvalue weighted by molar-refractivity contribution is 0.814. The van der Waals surface area contributed by atoms with E-state index in [9.17, 15) is 0 Å². The molecule has 1 heterocycles. The summed E-state index contributed by atoms with van der Waals surface area (Å²) in [6.45, 7) is 10.3. The fraction of sp³-hybridized carbons (Fsp3) is 0.545. The van der Waals surface area contributed by atoms with Crippen molar-refractivity contribution >= 4 is 15.9 Å². The van der Waals surface area contributed by atoms with Gasteiger partial charge in [0.1, 0.15) is 0 Å². The molecule has 0 atom stereocenters. The SMILES string of the molecule is CC.Cc1cnc(C(C)C)c(Br)c1. The number of pyridine rings is 1. The zero-order valence-corrected chi connectivity index (χ0v) is 10.6. The highest BCUT2D eigenvalue weighted by Gasteiger charge is 2.04. The van der Waals surface area contributed by atoms with Gasteiger partial charge in [-0.05, 0) is 40.4 Å². The third-order valence-electron chi connectivity index (χ3n) is 1.55. The summed E-state index contributed by atoms with van der Waals surface area (Å²) in [7, 11) is 0. The topological polar surface area (TPSA) is 12.9 Å². The molecule has 74 valence electrons. The predicted molar refractivity (Wildman–Crippen MR) is 62.1 cm³/mol. The first-order valence-corrected chi connectivity index (χ1v) is 5.52. The number of nitrogens with zero attached hydrogens (tertiary/aromatic N) is 1. The summed E-state index contributed by atoms with van der Waals surface area (Å²) < 4.78 is 1.12. The molecule has 0 saturated heterocycles. The van der Waals surface area contributed by atoms with E-state index >= 15 is 0 Å². The quantitative estimate of drug-likeness (QED) is 0.717. The van der Waals surface area contributed by atoms with Gasteiger partial charge in [-0.25, -0.2) is 0 Å². The van der Waals surface area contributed by atoms with E-state index in [0.29, 0.717) is 5.92 Å². The number of hydrogen-bond donors (Lipinski definition) is 0. The van der Waals surface area contributed by atoms with Crippen molar-refractivity contribution in [1.29, 1.82) is 0 Å². The van der Waals surface area contributed by atoms with E-state index in [-0.39, 0.29) is 0 Å². The van der Waals surface area contributed by atoms with Crippen molar-refractivity contribution < 1.29 is 0 Å². The Hall–Kier alpha value is -0.370. The maximum absolute atomic E-state index is 4.33. The Kier molecular flexibility index (Phi) is 5.97. The number of hydrogen-bond acceptors (Lipinski definition) is 1. The average molecular weight is 244 g/mol. The van der Waals surface area contributed by atoms with E-state index in [1.54, 1.807) is 0 Å². The van der Waals surface area contributed by atoms with E-state index in [0.717, 1.165) is 10.2 Å². The standard InChI is InChI=1S/C9H12BrN.C2H6/c1-6(2)9-8(10)4-7(3)5-11-9;1-2/h4-6H,1-3H3;1-2H3. The Morgan fingerprint density at radius 1 is 1.31 bits per heavy atom. The largest absolute Gasteiger partial charge is 0.260 e. The van der Waals surface area contributed by atoms with Gasteiger partial charge in [-0.1, -0.05) is 27.7 Å². The fourth-order valence-corrected chi connectivity index (χ4v) is 1.89. The van der Waals surface area contributed by atoms with Crippen molar-refractivity contribution in [3.8, 4) is 0 Å². The molecule has 0 aliphatic carbocycles. The van der Waals surface area contributed by atoms with Crippen molar-refractivity contribution in [2.45, 2.75) is 40.5 Å². The van der Waals surface area contributed by atoms with Gasteiger partial charge in [0, 0.05) is 10.7 Å². The highest BCUT2D eigenvalue weighted by molar-refractivity contribution is 9.10. The minimum absolute atomic E-state index is 0.491. The third-order valence-corrected chi connectivity index (χ3v) is 2.19. The van der Waals surface area contributed by atoms with Gasteiger partial charge in [0.2, 0.25) is 0 Å². The molecule has 1 nitrogen and oxygen atoms in total. The lowest BCUT2D eigenvalue weighted by atomic mass is 10.1. The normalized spacial score (nSPS) is 9.46. The van der Waals surface area contributed by atoms with Crippen LogP contribution in [0, 0.1) is 6.92 Å². The van der Waals surface area contributed by atoms with Gasteiger partial charge in [-0.2, -0.15) is 0 Å². The molecule has 0 unspecified atom stereocenters. The minimum atomic E-state index is 0.491. The van der Waals surface area contributed by atoms with Gasteiger partial charge in [-0.3, -0.25) is 4.98 Å². The lowest BCUT2D eigenvalue weighted by Crippen LogP contribution is -1.93. The van der Waals surface area contributed by atoms with Crippen molar-refractivity contribution in [2.24, 2.45) is 0 Å². The van der Waals surface area contributed by atoms with Crippen LogP contribution in [-0.4, -0.2) is 4.98 Å². The van der Waals surface area contributed by atoms with Crippen LogP contribution < -0.4 is 0 Å². The van der Waals surface area contributed by atoms with Gasteiger partial charge in [0.05, 0.1) is 5.69 Å². The summed E-state index contributed by atoms with van der Waals surface area (Å²) in [5.74, 6) is 0.491. The average Bonchev–Trinajstić information content (AvgIpc) is 2.07. The van der Waals surface area contributed by atoms with Crippen molar-refractivity contribution in [2.75, 3.05) is 0 Å². The molecule has 13 heavy (non-hydrogen) atoms. The maximum atomic E-state index is 4.33. The van der Waals surface area contributed by atoms with Gasteiger partial charge in [0.25, 0.3) is 0 Å². The molecule has 0 aliphatic rings. The lowest BCUT2D eigenvalue weighted by Gasteiger charge is -2.06. The van der Waals surface area contributed by atoms with E-state index in [4.69, 9.17) is 0 Å². The molecule has 1 aromatic heterocycles. The second-order valence-electron chi connectivity index (χ2n) is 3.03. The summed E-state index contributed by atoms with van der Waals surface area (Å²) in [5.41, 5.74) is 2.33. The number of halogens is 1. The highest BCUT2D eigenvalue weighted by Crippen LogP contribution is 2.22. The Morgan fingerprint density at radius 3 is 2.23 bits per heavy atom. The zero-order chi connectivity index (χ0) is 10.4. The van der Waals surface area contributed by atoms with Gasteiger partial charge < -0.3 is 0 Å². The Labute approximate surface area is 89.7 Å². The Morgan fingerprint density at radius 2 is 1.85 bits per heavy atom. The van der Waals surface area contributed by atoms with Crippen LogP contribution in [0.2, 0.25) is 0 Å². The summed E-state index contributed by atoms with van der Waals surface area (Å²) >= 11 is 3.49. The van der Waals surface area contributed by atoms with Crippen LogP contribution in [0.25, 0.3) is 0 Å². The van der Waals surface area contributed by atoms with Crippen LogP contribution in [0.15, 0.2) is 16.7 Å². The van der Waals surface area contributed by atoms with Gasteiger partial charge in [-0.15, -0.1) is 0 Å². The molecule has 0 aliphatic heterocycles. The van der Waals surface area contributed by atoms with E-state index in [1.807, 2.05) is 27.0 Å². The summed E-state index contributed by atoms with van der Waals surface area (Å²) in [5, 5.41) is 0. The van der Waals surface area contributed by atoms with Crippen molar-refractivity contribution in [3.05, 3.63) is 28.0 Å². The molecule has 0 bridgehead atoms. The first-order chi connectivity index (χ1) is 6.11. The maximum Gasteiger partial charge on any atom is 0.0570 e. The van der Waals surface area contributed by atoms with E-state index < -0.39 is 0 Å². The van der Waals surface area contributed by atoms with E-state index in [1.165, 1.54) is 5.56 Å². The Bertz CT molecular complexity index is 256. The minimum Gasteiger partial charge on any atom is -0.260 e. The summed E-state index contributed by atoms with van der Waals surface area (Å²) in [6, 6.07) is 2.10. The number of rotatable bonds is 1. The molecule has 0 radical (unpaired) electrons. The molecule has 0 saturated carbocycles. The van der Waals surface area contributed by atoms with Crippen LogP contribution in [-0.2, 0) is 0 Å². The Balaban J connectivity index is 0.000000671. The summed E-state index contributed by atoms with van der Waals surface area (Å²) in [6.07, 6.45) is 1.90. The fourth-order valence-electron chi connectivity index (χ4n) is 0.969. The van der Waals surface area contributed by atoms with Gasteiger partial charge in [0.15, 0.2) is 0 Å². The molecule has 0 amide bonds. The molecular weight excluding hydrogens is 226 g/mol. The van der Waals surface area contributed by atoms with Crippen molar-refractivity contribution in [1.82, 2.24) is 4.98 Å². The molecule has 2 heteroatoms.